The van der Waals surface area contributed by atoms with E-state index in [1.807, 2.05) is 0 Å². The van der Waals surface area contributed by atoms with Crippen LogP contribution in [-0.2, 0) is 11.3 Å². The van der Waals surface area contributed by atoms with Crippen molar-refractivity contribution in [1.82, 2.24) is 14.3 Å². The smallest absolute Gasteiger partial charge is 0.347 e. The largest absolute Gasteiger partial charge is 0.507 e. The molecule has 26 heavy (non-hydrogen) atoms. The van der Waals surface area contributed by atoms with Gasteiger partial charge in [0.25, 0.3) is 0 Å². The van der Waals surface area contributed by atoms with Crippen LogP contribution in [0.5, 0.6) is 5.75 Å². The van der Waals surface area contributed by atoms with E-state index < -0.39 is 23.5 Å². The molecule has 7 nitrogen and oxygen atoms in total. The Morgan fingerprint density at radius 1 is 1.23 bits per heavy atom. The number of hydrogen-bond donors (Lipinski definition) is 2. The summed E-state index contributed by atoms with van der Waals surface area (Å²) >= 11 is 0. The molecule has 2 aromatic carbocycles. The first-order chi connectivity index (χ1) is 12.4. The third-order valence-electron chi connectivity index (χ3n) is 3.98. The van der Waals surface area contributed by atoms with Crippen LogP contribution in [0.4, 0.5) is 4.39 Å². The number of benzene rings is 2. The summed E-state index contributed by atoms with van der Waals surface area (Å²) in [7, 11) is 0. The van der Waals surface area contributed by atoms with Crippen LogP contribution in [-0.4, -0.2) is 30.5 Å². The molecule has 0 saturated carbocycles. The standard InChI is InChI=1S/C18H16FN3O4/c1-11(17(24)25)22-18(26)21(10-12-5-4-6-13(19)9-12)16(20-22)14-7-2-3-8-15(14)23/h2-9,11,23H,10H2,1H3,(H,24,25). The molecular formula is C18H16FN3O4. The average molecular weight is 357 g/mol. The first-order valence-electron chi connectivity index (χ1n) is 7.83. The van der Waals surface area contributed by atoms with Crippen LogP contribution >= 0.6 is 0 Å². The molecule has 0 bridgehead atoms. The van der Waals surface area contributed by atoms with Crippen molar-refractivity contribution in [2.45, 2.75) is 19.5 Å². The lowest BCUT2D eigenvalue weighted by molar-refractivity contribution is -0.140. The molecule has 1 heterocycles. The number of carbonyl (C=O) groups is 1. The van der Waals surface area contributed by atoms with E-state index in [1.54, 1.807) is 24.3 Å². The molecule has 0 aliphatic heterocycles. The van der Waals surface area contributed by atoms with Crippen LogP contribution in [0, 0.1) is 5.82 Å². The summed E-state index contributed by atoms with van der Waals surface area (Å²) in [6.45, 7) is 1.31. The van der Waals surface area contributed by atoms with Crippen LogP contribution in [0.15, 0.2) is 53.3 Å². The molecule has 0 aliphatic rings. The van der Waals surface area contributed by atoms with Crippen LogP contribution in [0.25, 0.3) is 11.4 Å². The van der Waals surface area contributed by atoms with Gasteiger partial charge in [-0.05, 0) is 36.8 Å². The number of hydrogen-bond acceptors (Lipinski definition) is 4. The third kappa shape index (κ3) is 3.21. The van der Waals surface area contributed by atoms with Crippen LogP contribution in [0.3, 0.4) is 0 Å². The van der Waals surface area contributed by atoms with Crippen LogP contribution in [0.1, 0.15) is 18.5 Å². The minimum Gasteiger partial charge on any atom is -0.507 e. The summed E-state index contributed by atoms with van der Waals surface area (Å²) in [5.41, 5.74) is 0.117. The minimum absolute atomic E-state index is 0.0212. The summed E-state index contributed by atoms with van der Waals surface area (Å²) in [5.74, 6) is -1.67. The molecular weight excluding hydrogens is 341 g/mol. The number of carboxylic acids is 1. The molecule has 8 heteroatoms. The average Bonchev–Trinajstić information content (AvgIpc) is 2.91. The number of rotatable bonds is 5. The number of phenolic OH excluding ortho intramolecular Hbond substituents is 1. The monoisotopic (exact) mass is 357 g/mol. The zero-order valence-corrected chi connectivity index (χ0v) is 13.8. The number of halogens is 1. The van der Waals surface area contributed by atoms with E-state index in [0.717, 1.165) is 4.68 Å². The van der Waals surface area contributed by atoms with Crippen molar-refractivity contribution in [2.24, 2.45) is 0 Å². The second-order valence-electron chi connectivity index (χ2n) is 5.80. The van der Waals surface area contributed by atoms with Crippen molar-refractivity contribution >= 4 is 5.97 Å². The van der Waals surface area contributed by atoms with Crippen molar-refractivity contribution in [3.63, 3.8) is 0 Å². The summed E-state index contributed by atoms with van der Waals surface area (Å²) in [5, 5.41) is 23.4. The first-order valence-corrected chi connectivity index (χ1v) is 7.83. The van der Waals surface area contributed by atoms with Gasteiger partial charge in [-0.2, -0.15) is 4.68 Å². The molecule has 0 saturated heterocycles. The van der Waals surface area contributed by atoms with E-state index in [0.29, 0.717) is 5.56 Å². The van der Waals surface area contributed by atoms with Gasteiger partial charge in [0.2, 0.25) is 0 Å². The number of para-hydroxylation sites is 1. The fourth-order valence-electron chi connectivity index (χ4n) is 2.59. The Balaban J connectivity index is 2.19. The summed E-state index contributed by atoms with van der Waals surface area (Å²) in [4.78, 5) is 24.0. The highest BCUT2D eigenvalue weighted by Crippen LogP contribution is 2.27. The lowest BCUT2D eigenvalue weighted by Crippen LogP contribution is -2.31. The first kappa shape index (κ1) is 17.4. The number of aromatic hydroxyl groups is 1. The molecule has 134 valence electrons. The predicted molar refractivity (Wildman–Crippen MR) is 91.4 cm³/mol. The Bertz CT molecular complexity index is 1030. The number of nitrogens with zero attached hydrogens (tertiary/aromatic N) is 3. The zero-order valence-electron chi connectivity index (χ0n) is 13.8. The minimum atomic E-state index is -1.22. The Morgan fingerprint density at radius 3 is 2.62 bits per heavy atom. The number of aliphatic carboxylic acids is 1. The second-order valence-corrected chi connectivity index (χ2v) is 5.80. The molecule has 1 unspecified atom stereocenters. The van der Waals surface area contributed by atoms with Gasteiger partial charge in [0.05, 0.1) is 12.1 Å². The maximum absolute atomic E-state index is 13.5. The molecule has 1 atom stereocenters. The van der Waals surface area contributed by atoms with E-state index in [-0.39, 0.29) is 23.7 Å². The SMILES string of the molecule is CC(C(=O)O)n1nc(-c2ccccc2O)n(Cc2cccc(F)c2)c1=O. The topological polar surface area (TPSA) is 97.3 Å². The Morgan fingerprint density at radius 2 is 1.96 bits per heavy atom. The number of phenols is 1. The molecule has 0 aliphatic carbocycles. The lowest BCUT2D eigenvalue weighted by Gasteiger charge is -2.07. The van der Waals surface area contributed by atoms with Gasteiger partial charge in [-0.3, -0.25) is 4.57 Å². The van der Waals surface area contributed by atoms with E-state index in [4.69, 9.17) is 0 Å². The Hall–Kier alpha value is -3.42. The summed E-state index contributed by atoms with van der Waals surface area (Å²) in [6.07, 6.45) is 0. The predicted octanol–water partition coefficient (Wildman–Crippen LogP) is 2.25. The maximum atomic E-state index is 13.5. The van der Waals surface area contributed by atoms with E-state index >= 15 is 0 Å². The van der Waals surface area contributed by atoms with Crippen molar-refractivity contribution < 1.29 is 19.4 Å². The van der Waals surface area contributed by atoms with E-state index in [1.165, 1.54) is 35.8 Å². The fourth-order valence-corrected chi connectivity index (χ4v) is 2.59. The van der Waals surface area contributed by atoms with Gasteiger partial charge in [0.1, 0.15) is 11.6 Å². The van der Waals surface area contributed by atoms with Gasteiger partial charge in [-0.1, -0.05) is 24.3 Å². The van der Waals surface area contributed by atoms with Crippen LogP contribution < -0.4 is 5.69 Å². The normalized spacial score (nSPS) is 12.1. The second kappa shape index (κ2) is 6.83. The number of aromatic nitrogens is 3. The summed E-state index contributed by atoms with van der Waals surface area (Å²) in [6, 6.07) is 10.8. The third-order valence-corrected chi connectivity index (χ3v) is 3.98. The van der Waals surface area contributed by atoms with Gasteiger partial charge in [-0.15, -0.1) is 5.10 Å². The summed E-state index contributed by atoms with van der Waals surface area (Å²) < 4.78 is 15.5. The molecule has 3 aromatic rings. The van der Waals surface area contributed by atoms with E-state index in [2.05, 4.69) is 5.10 Å². The van der Waals surface area contributed by atoms with Gasteiger partial charge in [-0.25, -0.2) is 14.0 Å². The molecule has 3 rings (SSSR count). The number of carboxylic acid groups (broad SMARTS) is 1. The molecule has 0 spiro atoms. The highest BCUT2D eigenvalue weighted by Gasteiger charge is 2.24. The quantitative estimate of drug-likeness (QED) is 0.730. The Labute approximate surface area is 147 Å². The highest BCUT2D eigenvalue weighted by atomic mass is 19.1. The van der Waals surface area contributed by atoms with Crippen molar-refractivity contribution in [2.75, 3.05) is 0 Å². The van der Waals surface area contributed by atoms with Crippen molar-refractivity contribution in [3.05, 3.63) is 70.4 Å². The van der Waals surface area contributed by atoms with Gasteiger partial charge in [0, 0.05) is 0 Å². The molecule has 0 amide bonds. The molecule has 0 fully saturated rings. The van der Waals surface area contributed by atoms with Crippen molar-refractivity contribution in [3.8, 4) is 17.1 Å². The van der Waals surface area contributed by atoms with Crippen molar-refractivity contribution in [1.29, 1.82) is 0 Å². The molecule has 0 radical (unpaired) electrons. The molecule has 1 aromatic heterocycles. The lowest BCUT2D eigenvalue weighted by atomic mass is 10.1. The van der Waals surface area contributed by atoms with Gasteiger partial charge >= 0.3 is 11.7 Å². The van der Waals surface area contributed by atoms with Gasteiger partial charge < -0.3 is 10.2 Å². The maximum Gasteiger partial charge on any atom is 0.347 e. The fraction of sp³-hybridized carbons (Fsp3) is 0.167. The van der Waals surface area contributed by atoms with E-state index in [9.17, 15) is 24.2 Å². The van der Waals surface area contributed by atoms with Crippen LogP contribution in [0.2, 0.25) is 0 Å². The highest BCUT2D eigenvalue weighted by molar-refractivity contribution is 5.71. The van der Waals surface area contributed by atoms with Gasteiger partial charge in [0.15, 0.2) is 11.9 Å². The zero-order chi connectivity index (χ0) is 18.8. The molecule has 2 N–H and O–H groups in total. The Kier molecular flexibility index (Phi) is 4.57.